The van der Waals surface area contributed by atoms with Crippen molar-refractivity contribution in [1.82, 2.24) is 15.1 Å². The van der Waals surface area contributed by atoms with E-state index in [4.69, 9.17) is 5.10 Å². The standard InChI is InChI=1S/C16H25N3/c1-5-10-17-12-16(2,3)11-14-13-8-6-7-9-15(13)19(4)18-14/h6-9,17H,5,10-12H2,1-4H3. The molecule has 0 aliphatic heterocycles. The summed E-state index contributed by atoms with van der Waals surface area (Å²) >= 11 is 0. The van der Waals surface area contributed by atoms with Gasteiger partial charge < -0.3 is 5.32 Å². The first-order chi connectivity index (χ1) is 9.03. The highest BCUT2D eigenvalue weighted by Crippen LogP contribution is 2.25. The summed E-state index contributed by atoms with van der Waals surface area (Å²) in [5.74, 6) is 0. The number of benzene rings is 1. The molecule has 1 heterocycles. The fourth-order valence-electron chi connectivity index (χ4n) is 2.54. The Morgan fingerprint density at radius 3 is 2.74 bits per heavy atom. The summed E-state index contributed by atoms with van der Waals surface area (Å²) in [7, 11) is 2.02. The van der Waals surface area contributed by atoms with Gasteiger partial charge in [-0.1, -0.05) is 39.0 Å². The van der Waals surface area contributed by atoms with Crippen molar-refractivity contribution < 1.29 is 0 Å². The van der Waals surface area contributed by atoms with E-state index >= 15 is 0 Å². The van der Waals surface area contributed by atoms with Crippen LogP contribution in [0.1, 0.15) is 32.9 Å². The zero-order valence-electron chi connectivity index (χ0n) is 12.5. The summed E-state index contributed by atoms with van der Waals surface area (Å²) in [5, 5.41) is 9.49. The number of fused-ring (bicyclic) bond motifs is 1. The molecule has 2 aromatic rings. The van der Waals surface area contributed by atoms with E-state index in [0.717, 1.165) is 19.5 Å². The number of nitrogens with one attached hydrogen (secondary N) is 1. The SMILES string of the molecule is CCCNCC(C)(C)Cc1nn(C)c2ccccc12. The number of nitrogens with zero attached hydrogens (tertiary/aromatic N) is 2. The average Bonchev–Trinajstić information content (AvgIpc) is 2.67. The van der Waals surface area contributed by atoms with E-state index < -0.39 is 0 Å². The molecule has 0 spiro atoms. The fourth-order valence-corrected chi connectivity index (χ4v) is 2.54. The quantitative estimate of drug-likeness (QED) is 0.808. The number of hydrogen-bond donors (Lipinski definition) is 1. The molecule has 1 aromatic carbocycles. The van der Waals surface area contributed by atoms with E-state index in [9.17, 15) is 0 Å². The third-order valence-electron chi connectivity index (χ3n) is 3.51. The van der Waals surface area contributed by atoms with Crippen LogP contribution in [0.5, 0.6) is 0 Å². The Kier molecular flexibility index (Phi) is 4.25. The van der Waals surface area contributed by atoms with E-state index in [2.05, 4.69) is 50.4 Å². The molecule has 104 valence electrons. The number of hydrogen-bond acceptors (Lipinski definition) is 2. The summed E-state index contributed by atoms with van der Waals surface area (Å²) in [6.45, 7) is 8.93. The minimum Gasteiger partial charge on any atom is -0.316 e. The molecule has 1 aromatic heterocycles. The van der Waals surface area contributed by atoms with Crippen molar-refractivity contribution in [2.45, 2.75) is 33.6 Å². The van der Waals surface area contributed by atoms with Gasteiger partial charge in [0, 0.05) is 19.0 Å². The molecule has 19 heavy (non-hydrogen) atoms. The van der Waals surface area contributed by atoms with Gasteiger partial charge in [-0.05, 0) is 30.9 Å². The highest BCUT2D eigenvalue weighted by atomic mass is 15.3. The number of aromatic nitrogens is 2. The van der Waals surface area contributed by atoms with Crippen LogP contribution in [0.25, 0.3) is 10.9 Å². The molecule has 0 fully saturated rings. The lowest BCUT2D eigenvalue weighted by Gasteiger charge is -2.24. The molecule has 0 saturated carbocycles. The van der Waals surface area contributed by atoms with Gasteiger partial charge in [0.2, 0.25) is 0 Å². The van der Waals surface area contributed by atoms with Gasteiger partial charge in [-0.3, -0.25) is 4.68 Å². The average molecular weight is 259 g/mol. The van der Waals surface area contributed by atoms with Gasteiger partial charge in [0.1, 0.15) is 0 Å². The van der Waals surface area contributed by atoms with Crippen molar-refractivity contribution in [2.24, 2.45) is 12.5 Å². The summed E-state index contributed by atoms with van der Waals surface area (Å²) in [5.41, 5.74) is 2.66. The molecular weight excluding hydrogens is 234 g/mol. The van der Waals surface area contributed by atoms with Crippen molar-refractivity contribution in [3.8, 4) is 0 Å². The van der Waals surface area contributed by atoms with E-state index in [1.807, 2.05) is 11.7 Å². The molecule has 0 atom stereocenters. The Labute approximate surface area is 116 Å². The largest absolute Gasteiger partial charge is 0.316 e. The van der Waals surface area contributed by atoms with Crippen LogP contribution in [-0.2, 0) is 13.5 Å². The molecule has 0 radical (unpaired) electrons. The Hall–Kier alpha value is -1.35. The molecule has 0 bridgehead atoms. The third-order valence-corrected chi connectivity index (χ3v) is 3.51. The zero-order valence-corrected chi connectivity index (χ0v) is 12.5. The van der Waals surface area contributed by atoms with Crippen molar-refractivity contribution >= 4 is 10.9 Å². The topological polar surface area (TPSA) is 29.9 Å². The molecule has 0 aliphatic rings. The summed E-state index contributed by atoms with van der Waals surface area (Å²) in [6.07, 6.45) is 2.19. The van der Waals surface area contributed by atoms with E-state index in [1.165, 1.54) is 23.0 Å². The first kappa shape index (κ1) is 14.1. The second-order valence-electron chi connectivity index (χ2n) is 6.11. The summed E-state index contributed by atoms with van der Waals surface area (Å²) < 4.78 is 1.99. The Bertz CT molecular complexity index is 540. The lowest BCUT2D eigenvalue weighted by Crippen LogP contribution is -2.31. The first-order valence-electron chi connectivity index (χ1n) is 7.15. The second kappa shape index (κ2) is 5.74. The highest BCUT2D eigenvalue weighted by Gasteiger charge is 2.21. The number of para-hydroxylation sites is 1. The first-order valence-corrected chi connectivity index (χ1v) is 7.15. The van der Waals surface area contributed by atoms with Crippen LogP contribution in [0.15, 0.2) is 24.3 Å². The van der Waals surface area contributed by atoms with E-state index in [-0.39, 0.29) is 5.41 Å². The predicted molar refractivity (Wildman–Crippen MR) is 81.4 cm³/mol. The highest BCUT2D eigenvalue weighted by molar-refractivity contribution is 5.81. The zero-order chi connectivity index (χ0) is 13.9. The van der Waals surface area contributed by atoms with Gasteiger partial charge in [-0.25, -0.2) is 0 Å². The van der Waals surface area contributed by atoms with Crippen molar-refractivity contribution in [2.75, 3.05) is 13.1 Å². The van der Waals surface area contributed by atoms with Crippen LogP contribution in [0.2, 0.25) is 0 Å². The van der Waals surface area contributed by atoms with Gasteiger partial charge in [0.15, 0.2) is 0 Å². The maximum atomic E-state index is 4.69. The van der Waals surface area contributed by atoms with Crippen molar-refractivity contribution in [3.05, 3.63) is 30.0 Å². The lowest BCUT2D eigenvalue weighted by molar-refractivity contribution is 0.335. The molecule has 3 nitrogen and oxygen atoms in total. The van der Waals surface area contributed by atoms with Crippen LogP contribution in [0, 0.1) is 5.41 Å². The third kappa shape index (κ3) is 3.35. The molecule has 0 aliphatic carbocycles. The van der Waals surface area contributed by atoms with Crippen LogP contribution in [0.3, 0.4) is 0 Å². The maximum Gasteiger partial charge on any atom is 0.0709 e. The van der Waals surface area contributed by atoms with Gasteiger partial charge in [0.05, 0.1) is 11.2 Å². The molecule has 0 unspecified atom stereocenters. The Morgan fingerprint density at radius 1 is 1.26 bits per heavy atom. The molecule has 1 N–H and O–H groups in total. The Morgan fingerprint density at radius 2 is 2.00 bits per heavy atom. The van der Waals surface area contributed by atoms with Crippen molar-refractivity contribution in [3.63, 3.8) is 0 Å². The molecular formula is C16H25N3. The van der Waals surface area contributed by atoms with Crippen LogP contribution >= 0.6 is 0 Å². The monoisotopic (exact) mass is 259 g/mol. The lowest BCUT2D eigenvalue weighted by atomic mass is 9.87. The number of aryl methyl sites for hydroxylation is 1. The maximum absolute atomic E-state index is 4.69. The van der Waals surface area contributed by atoms with Crippen LogP contribution < -0.4 is 5.32 Å². The van der Waals surface area contributed by atoms with Gasteiger partial charge >= 0.3 is 0 Å². The van der Waals surface area contributed by atoms with E-state index in [1.54, 1.807) is 0 Å². The van der Waals surface area contributed by atoms with Gasteiger partial charge in [0.25, 0.3) is 0 Å². The molecule has 3 heteroatoms. The van der Waals surface area contributed by atoms with Crippen LogP contribution in [-0.4, -0.2) is 22.9 Å². The fraction of sp³-hybridized carbons (Fsp3) is 0.562. The molecule has 0 amide bonds. The minimum atomic E-state index is 0.228. The summed E-state index contributed by atoms with van der Waals surface area (Å²) in [4.78, 5) is 0. The second-order valence-corrected chi connectivity index (χ2v) is 6.11. The van der Waals surface area contributed by atoms with Gasteiger partial charge in [-0.15, -0.1) is 0 Å². The van der Waals surface area contributed by atoms with E-state index in [0.29, 0.717) is 0 Å². The molecule has 2 rings (SSSR count). The Balaban J connectivity index is 2.16. The number of rotatable bonds is 6. The smallest absolute Gasteiger partial charge is 0.0709 e. The molecule has 0 saturated heterocycles. The predicted octanol–water partition coefficient (Wildman–Crippen LogP) is 3.14. The normalized spacial score (nSPS) is 12.2. The van der Waals surface area contributed by atoms with Crippen molar-refractivity contribution in [1.29, 1.82) is 0 Å². The summed E-state index contributed by atoms with van der Waals surface area (Å²) in [6, 6.07) is 8.47. The van der Waals surface area contributed by atoms with Gasteiger partial charge in [-0.2, -0.15) is 5.10 Å². The minimum absolute atomic E-state index is 0.228. The van der Waals surface area contributed by atoms with Crippen LogP contribution in [0.4, 0.5) is 0 Å².